The van der Waals surface area contributed by atoms with Gasteiger partial charge in [-0.05, 0) is 31.7 Å². The first kappa shape index (κ1) is 18.6. The Bertz CT molecular complexity index is 446. The van der Waals surface area contributed by atoms with E-state index in [0.29, 0.717) is 11.8 Å². The van der Waals surface area contributed by atoms with Gasteiger partial charge < -0.3 is 10.4 Å². The largest absolute Gasteiger partial charge is 0.508 e. The zero-order chi connectivity index (χ0) is 13.2. The molecule has 1 aromatic rings. The van der Waals surface area contributed by atoms with Crippen LogP contribution in [-0.2, 0) is 0 Å². The second-order valence-corrected chi connectivity index (χ2v) is 5.98. The summed E-state index contributed by atoms with van der Waals surface area (Å²) in [4.78, 5) is 2.56. The molecule has 0 spiro atoms. The maximum Gasteiger partial charge on any atom is 0.120 e. The van der Waals surface area contributed by atoms with E-state index in [4.69, 9.17) is 0 Å². The molecule has 1 aliphatic carbocycles. The van der Waals surface area contributed by atoms with Crippen LogP contribution in [0.15, 0.2) is 18.2 Å². The van der Waals surface area contributed by atoms with Gasteiger partial charge in [0, 0.05) is 37.8 Å². The molecule has 0 radical (unpaired) electrons. The Morgan fingerprint density at radius 1 is 1.19 bits per heavy atom. The van der Waals surface area contributed by atoms with Crippen LogP contribution in [0.5, 0.6) is 5.75 Å². The van der Waals surface area contributed by atoms with E-state index in [1.165, 1.54) is 24.8 Å². The van der Waals surface area contributed by atoms with Crippen LogP contribution in [0.1, 0.15) is 36.4 Å². The number of aromatic hydroxyl groups is 1. The van der Waals surface area contributed by atoms with Gasteiger partial charge in [0.05, 0.1) is 0 Å². The molecule has 1 saturated heterocycles. The summed E-state index contributed by atoms with van der Waals surface area (Å²) >= 11 is 0. The number of phenolic OH excluding ortho intramolecular Hbond substituents is 1. The molecule has 5 heteroatoms. The molecule has 1 saturated carbocycles. The molecular formula is C16H26Cl2N2O. The van der Waals surface area contributed by atoms with E-state index in [1.807, 2.05) is 12.1 Å². The Labute approximate surface area is 139 Å². The quantitative estimate of drug-likeness (QED) is 0.891. The van der Waals surface area contributed by atoms with E-state index in [2.05, 4.69) is 23.2 Å². The van der Waals surface area contributed by atoms with Gasteiger partial charge in [-0.25, -0.2) is 0 Å². The molecule has 2 aliphatic rings. The van der Waals surface area contributed by atoms with E-state index >= 15 is 0 Å². The fourth-order valence-corrected chi connectivity index (χ4v) is 3.38. The number of aryl methyl sites for hydroxylation is 1. The monoisotopic (exact) mass is 332 g/mol. The molecule has 1 aromatic carbocycles. The van der Waals surface area contributed by atoms with Crippen molar-refractivity contribution in [2.75, 3.05) is 26.2 Å². The predicted molar refractivity (Wildman–Crippen MR) is 91.9 cm³/mol. The second-order valence-electron chi connectivity index (χ2n) is 5.98. The average molecular weight is 333 g/mol. The SMILES string of the molecule is Cc1ccc(O)c([C@H](C2CCC2)N2CCNCC2)c1.Cl.Cl. The van der Waals surface area contributed by atoms with Crippen LogP contribution in [0.4, 0.5) is 0 Å². The molecule has 0 aromatic heterocycles. The Kier molecular flexibility index (Phi) is 7.28. The second kappa shape index (κ2) is 8.23. The van der Waals surface area contributed by atoms with Gasteiger partial charge in [0.2, 0.25) is 0 Å². The van der Waals surface area contributed by atoms with Crippen molar-refractivity contribution in [3.63, 3.8) is 0 Å². The first-order chi connectivity index (χ1) is 9.25. The Balaban J connectivity index is 0.00000110. The number of halogens is 2. The van der Waals surface area contributed by atoms with Crippen molar-refractivity contribution in [2.45, 2.75) is 32.2 Å². The third-order valence-corrected chi connectivity index (χ3v) is 4.64. The van der Waals surface area contributed by atoms with Crippen LogP contribution >= 0.6 is 24.8 Å². The van der Waals surface area contributed by atoms with Crippen LogP contribution in [-0.4, -0.2) is 36.2 Å². The summed E-state index contributed by atoms with van der Waals surface area (Å²) in [6.07, 6.45) is 3.96. The lowest BCUT2D eigenvalue weighted by Crippen LogP contribution is -2.47. The normalized spacial score (nSPS) is 20.8. The first-order valence-corrected chi connectivity index (χ1v) is 7.50. The molecule has 120 valence electrons. The molecular weight excluding hydrogens is 307 g/mol. The summed E-state index contributed by atoms with van der Waals surface area (Å²) in [5.74, 6) is 1.20. The van der Waals surface area contributed by atoms with Gasteiger partial charge in [-0.1, -0.05) is 24.1 Å². The van der Waals surface area contributed by atoms with E-state index in [1.54, 1.807) is 0 Å². The van der Waals surface area contributed by atoms with E-state index < -0.39 is 0 Å². The molecule has 1 aliphatic heterocycles. The minimum atomic E-state index is 0. The number of hydrogen-bond acceptors (Lipinski definition) is 3. The molecule has 0 unspecified atom stereocenters. The number of nitrogens with one attached hydrogen (secondary N) is 1. The number of benzene rings is 1. The van der Waals surface area contributed by atoms with E-state index in [0.717, 1.165) is 37.7 Å². The summed E-state index contributed by atoms with van der Waals surface area (Å²) in [7, 11) is 0. The highest BCUT2D eigenvalue weighted by atomic mass is 35.5. The summed E-state index contributed by atoms with van der Waals surface area (Å²) in [6.45, 7) is 6.42. The van der Waals surface area contributed by atoms with Gasteiger partial charge in [-0.2, -0.15) is 0 Å². The third kappa shape index (κ3) is 4.04. The highest BCUT2D eigenvalue weighted by Crippen LogP contribution is 2.44. The highest BCUT2D eigenvalue weighted by molar-refractivity contribution is 5.85. The summed E-state index contributed by atoms with van der Waals surface area (Å²) in [5, 5.41) is 13.7. The molecule has 21 heavy (non-hydrogen) atoms. The number of rotatable bonds is 3. The number of piperazine rings is 1. The van der Waals surface area contributed by atoms with Crippen molar-refractivity contribution in [3.8, 4) is 5.75 Å². The summed E-state index contributed by atoms with van der Waals surface area (Å²) < 4.78 is 0. The fraction of sp³-hybridized carbons (Fsp3) is 0.625. The van der Waals surface area contributed by atoms with Gasteiger partial charge in [0.1, 0.15) is 5.75 Å². The number of phenols is 1. The Morgan fingerprint density at radius 2 is 1.86 bits per heavy atom. The molecule has 1 atom stereocenters. The van der Waals surface area contributed by atoms with E-state index in [-0.39, 0.29) is 24.8 Å². The Hall–Kier alpha value is -0.480. The van der Waals surface area contributed by atoms with Gasteiger partial charge >= 0.3 is 0 Å². The van der Waals surface area contributed by atoms with Crippen LogP contribution in [0, 0.1) is 12.8 Å². The van der Waals surface area contributed by atoms with Crippen molar-refractivity contribution in [2.24, 2.45) is 5.92 Å². The minimum absolute atomic E-state index is 0. The molecule has 2 N–H and O–H groups in total. The highest BCUT2D eigenvalue weighted by Gasteiger charge is 2.34. The average Bonchev–Trinajstić information content (AvgIpc) is 2.38. The predicted octanol–water partition coefficient (Wildman–Crippen LogP) is 3.29. The van der Waals surface area contributed by atoms with Crippen LogP contribution in [0.25, 0.3) is 0 Å². The molecule has 0 amide bonds. The topological polar surface area (TPSA) is 35.5 Å². The van der Waals surface area contributed by atoms with Crippen molar-refractivity contribution >= 4 is 24.8 Å². The molecule has 3 rings (SSSR count). The van der Waals surface area contributed by atoms with Crippen molar-refractivity contribution in [1.29, 1.82) is 0 Å². The smallest absolute Gasteiger partial charge is 0.120 e. The molecule has 0 bridgehead atoms. The van der Waals surface area contributed by atoms with Crippen molar-refractivity contribution in [1.82, 2.24) is 10.2 Å². The van der Waals surface area contributed by atoms with Crippen LogP contribution in [0.2, 0.25) is 0 Å². The van der Waals surface area contributed by atoms with Gasteiger partial charge in [-0.15, -0.1) is 24.8 Å². The van der Waals surface area contributed by atoms with Crippen LogP contribution in [0.3, 0.4) is 0 Å². The maximum atomic E-state index is 10.3. The Morgan fingerprint density at radius 3 is 2.43 bits per heavy atom. The maximum absolute atomic E-state index is 10.3. The van der Waals surface area contributed by atoms with E-state index in [9.17, 15) is 5.11 Å². The lowest BCUT2D eigenvalue weighted by atomic mass is 9.76. The zero-order valence-electron chi connectivity index (χ0n) is 12.5. The molecule has 1 heterocycles. The molecule has 2 fully saturated rings. The fourth-order valence-electron chi connectivity index (χ4n) is 3.38. The first-order valence-electron chi connectivity index (χ1n) is 7.50. The van der Waals surface area contributed by atoms with Crippen LogP contribution < -0.4 is 5.32 Å². The van der Waals surface area contributed by atoms with Crippen molar-refractivity contribution in [3.05, 3.63) is 29.3 Å². The number of nitrogens with zero attached hydrogens (tertiary/aromatic N) is 1. The van der Waals surface area contributed by atoms with Gasteiger partial charge in [0.15, 0.2) is 0 Å². The minimum Gasteiger partial charge on any atom is -0.508 e. The summed E-state index contributed by atoms with van der Waals surface area (Å²) in [6, 6.07) is 6.45. The van der Waals surface area contributed by atoms with Crippen molar-refractivity contribution < 1.29 is 5.11 Å². The lowest BCUT2D eigenvalue weighted by Gasteiger charge is -2.43. The van der Waals surface area contributed by atoms with Gasteiger partial charge in [0.25, 0.3) is 0 Å². The lowest BCUT2D eigenvalue weighted by molar-refractivity contribution is 0.0819. The third-order valence-electron chi connectivity index (χ3n) is 4.64. The number of hydrogen-bond donors (Lipinski definition) is 2. The zero-order valence-corrected chi connectivity index (χ0v) is 14.2. The van der Waals surface area contributed by atoms with Gasteiger partial charge in [-0.3, -0.25) is 4.90 Å². The summed E-state index contributed by atoms with van der Waals surface area (Å²) in [5.41, 5.74) is 2.39. The standard InChI is InChI=1S/C16H24N2O.2ClH/c1-12-5-6-15(19)14(11-12)16(13-3-2-4-13)18-9-7-17-8-10-18;;/h5-6,11,13,16-17,19H,2-4,7-10H2,1H3;2*1H/t16-;;/m0../s1. The molecule has 3 nitrogen and oxygen atoms in total.